The van der Waals surface area contributed by atoms with Gasteiger partial charge in [-0.25, -0.2) is 0 Å². The zero-order valence-corrected chi connectivity index (χ0v) is 9.51. The Balaban J connectivity index is 2.44. The number of aryl methyl sites for hydroxylation is 2. The maximum Gasteiger partial charge on any atom is 0.0674 e. The molecule has 0 amide bonds. The molecule has 1 aliphatic carbocycles. The van der Waals surface area contributed by atoms with Gasteiger partial charge < -0.3 is 10.4 Å². The summed E-state index contributed by atoms with van der Waals surface area (Å²) in [4.78, 5) is 0. The SMILES string of the molecule is CCNC1(CO)CCc2ccc(C)cc21. The van der Waals surface area contributed by atoms with E-state index in [9.17, 15) is 5.11 Å². The third kappa shape index (κ3) is 1.68. The molecule has 0 bridgehead atoms. The Labute approximate surface area is 91.3 Å². The van der Waals surface area contributed by atoms with Crippen molar-refractivity contribution >= 4 is 0 Å². The third-order valence-electron chi connectivity index (χ3n) is 3.39. The molecule has 1 atom stereocenters. The van der Waals surface area contributed by atoms with Crippen LogP contribution in [0.4, 0.5) is 0 Å². The van der Waals surface area contributed by atoms with Gasteiger partial charge in [0.15, 0.2) is 0 Å². The van der Waals surface area contributed by atoms with Gasteiger partial charge in [0.05, 0.1) is 12.1 Å². The number of likely N-dealkylation sites (N-methyl/N-ethyl adjacent to an activating group) is 1. The molecular weight excluding hydrogens is 186 g/mol. The van der Waals surface area contributed by atoms with Gasteiger partial charge in [0, 0.05) is 0 Å². The lowest BCUT2D eigenvalue weighted by molar-refractivity contribution is 0.162. The number of nitrogens with one attached hydrogen (secondary N) is 1. The summed E-state index contributed by atoms with van der Waals surface area (Å²) >= 11 is 0. The van der Waals surface area contributed by atoms with Crippen LogP contribution in [0.25, 0.3) is 0 Å². The number of benzene rings is 1. The highest BCUT2D eigenvalue weighted by molar-refractivity contribution is 5.41. The molecule has 1 aromatic carbocycles. The van der Waals surface area contributed by atoms with E-state index >= 15 is 0 Å². The first-order chi connectivity index (χ1) is 7.22. The second kappa shape index (κ2) is 3.95. The van der Waals surface area contributed by atoms with E-state index in [0.29, 0.717) is 0 Å². The zero-order chi connectivity index (χ0) is 10.9. The first-order valence-corrected chi connectivity index (χ1v) is 5.68. The van der Waals surface area contributed by atoms with E-state index in [1.165, 1.54) is 16.7 Å². The molecule has 1 unspecified atom stereocenters. The normalized spacial score (nSPS) is 24.2. The minimum absolute atomic E-state index is 0.184. The Kier molecular flexibility index (Phi) is 2.81. The van der Waals surface area contributed by atoms with Crippen molar-refractivity contribution in [3.8, 4) is 0 Å². The Hall–Kier alpha value is -0.860. The number of fused-ring (bicyclic) bond motifs is 1. The summed E-state index contributed by atoms with van der Waals surface area (Å²) in [6.07, 6.45) is 2.08. The molecule has 2 heteroatoms. The summed E-state index contributed by atoms with van der Waals surface area (Å²) in [6, 6.07) is 6.55. The number of hydrogen-bond acceptors (Lipinski definition) is 2. The molecule has 0 aliphatic heterocycles. The lowest BCUT2D eigenvalue weighted by Crippen LogP contribution is -2.43. The van der Waals surface area contributed by atoms with Crippen molar-refractivity contribution in [3.05, 3.63) is 34.9 Å². The summed E-state index contributed by atoms with van der Waals surface area (Å²) in [5.74, 6) is 0. The van der Waals surface area contributed by atoms with Gasteiger partial charge in [0.25, 0.3) is 0 Å². The van der Waals surface area contributed by atoms with Crippen LogP contribution < -0.4 is 5.32 Å². The Morgan fingerprint density at radius 2 is 2.27 bits per heavy atom. The maximum absolute atomic E-state index is 9.62. The van der Waals surface area contributed by atoms with E-state index in [-0.39, 0.29) is 12.1 Å². The zero-order valence-electron chi connectivity index (χ0n) is 9.51. The molecule has 0 radical (unpaired) electrons. The lowest BCUT2D eigenvalue weighted by Gasteiger charge is -2.29. The predicted molar refractivity (Wildman–Crippen MR) is 61.9 cm³/mol. The average molecular weight is 205 g/mol. The molecule has 82 valence electrons. The number of hydrogen-bond donors (Lipinski definition) is 2. The van der Waals surface area contributed by atoms with E-state index < -0.39 is 0 Å². The van der Waals surface area contributed by atoms with Crippen molar-refractivity contribution in [1.82, 2.24) is 5.32 Å². The molecule has 0 fully saturated rings. The van der Waals surface area contributed by atoms with Crippen molar-refractivity contribution in [3.63, 3.8) is 0 Å². The van der Waals surface area contributed by atoms with Gasteiger partial charge in [-0.05, 0) is 37.4 Å². The molecule has 2 nitrogen and oxygen atoms in total. The van der Waals surface area contributed by atoms with E-state index in [1.54, 1.807) is 0 Å². The smallest absolute Gasteiger partial charge is 0.0674 e. The van der Waals surface area contributed by atoms with Gasteiger partial charge in [-0.3, -0.25) is 0 Å². The molecule has 0 saturated heterocycles. The predicted octanol–water partition coefficient (Wildman–Crippen LogP) is 1.74. The van der Waals surface area contributed by atoms with Crippen LogP contribution in [0.5, 0.6) is 0 Å². The Bertz CT molecular complexity index is 358. The van der Waals surface area contributed by atoms with Gasteiger partial charge in [-0.15, -0.1) is 0 Å². The quantitative estimate of drug-likeness (QED) is 0.787. The molecule has 1 aliphatic rings. The first-order valence-electron chi connectivity index (χ1n) is 5.68. The van der Waals surface area contributed by atoms with Crippen LogP contribution in [-0.4, -0.2) is 18.3 Å². The second-order valence-electron chi connectivity index (χ2n) is 4.43. The highest BCUT2D eigenvalue weighted by atomic mass is 16.3. The monoisotopic (exact) mass is 205 g/mol. The average Bonchev–Trinajstić information content (AvgIpc) is 2.58. The van der Waals surface area contributed by atoms with Gasteiger partial charge in [-0.1, -0.05) is 30.7 Å². The number of aliphatic hydroxyl groups excluding tert-OH is 1. The van der Waals surface area contributed by atoms with Crippen molar-refractivity contribution in [2.75, 3.05) is 13.2 Å². The van der Waals surface area contributed by atoms with Crippen molar-refractivity contribution in [2.24, 2.45) is 0 Å². The fraction of sp³-hybridized carbons (Fsp3) is 0.538. The van der Waals surface area contributed by atoms with Gasteiger partial charge in [-0.2, -0.15) is 0 Å². The van der Waals surface area contributed by atoms with E-state index in [4.69, 9.17) is 0 Å². The summed E-state index contributed by atoms with van der Waals surface area (Å²) in [7, 11) is 0. The minimum Gasteiger partial charge on any atom is -0.394 e. The Morgan fingerprint density at radius 3 is 2.93 bits per heavy atom. The van der Waals surface area contributed by atoms with Crippen LogP contribution in [0.1, 0.15) is 30.0 Å². The van der Waals surface area contributed by atoms with Gasteiger partial charge in [0.1, 0.15) is 0 Å². The van der Waals surface area contributed by atoms with Crippen molar-refractivity contribution < 1.29 is 5.11 Å². The van der Waals surface area contributed by atoms with E-state index in [2.05, 4.69) is 37.4 Å². The summed E-state index contributed by atoms with van der Waals surface area (Å²) in [6.45, 7) is 5.28. The summed E-state index contributed by atoms with van der Waals surface area (Å²) < 4.78 is 0. The largest absolute Gasteiger partial charge is 0.394 e. The minimum atomic E-state index is -0.184. The number of rotatable bonds is 3. The topological polar surface area (TPSA) is 32.3 Å². The molecule has 0 heterocycles. The molecular formula is C13H19NO. The summed E-state index contributed by atoms with van der Waals surface area (Å²) in [5, 5.41) is 13.1. The molecule has 0 aromatic heterocycles. The molecule has 2 rings (SSSR count). The molecule has 15 heavy (non-hydrogen) atoms. The fourth-order valence-corrected chi connectivity index (χ4v) is 2.58. The third-order valence-corrected chi connectivity index (χ3v) is 3.39. The van der Waals surface area contributed by atoms with Gasteiger partial charge in [0.2, 0.25) is 0 Å². The second-order valence-corrected chi connectivity index (χ2v) is 4.43. The van der Waals surface area contributed by atoms with Crippen molar-refractivity contribution in [1.29, 1.82) is 0 Å². The molecule has 0 spiro atoms. The number of aliphatic hydroxyl groups is 1. The standard InChI is InChI=1S/C13H19NO/c1-3-14-13(9-15)7-6-11-5-4-10(2)8-12(11)13/h4-5,8,14-15H,3,6-7,9H2,1-2H3. The fourth-order valence-electron chi connectivity index (χ4n) is 2.58. The first kappa shape index (κ1) is 10.7. The van der Waals surface area contributed by atoms with Crippen LogP contribution in [0.2, 0.25) is 0 Å². The van der Waals surface area contributed by atoms with Crippen molar-refractivity contribution in [2.45, 2.75) is 32.2 Å². The molecule has 1 aromatic rings. The van der Waals surface area contributed by atoms with E-state index in [0.717, 1.165) is 19.4 Å². The van der Waals surface area contributed by atoms with E-state index in [1.807, 2.05) is 0 Å². The van der Waals surface area contributed by atoms with Gasteiger partial charge >= 0.3 is 0 Å². The van der Waals surface area contributed by atoms with Crippen LogP contribution >= 0.6 is 0 Å². The highest BCUT2D eigenvalue weighted by Crippen LogP contribution is 2.36. The summed E-state index contributed by atoms with van der Waals surface area (Å²) in [5.41, 5.74) is 3.77. The van der Waals surface area contributed by atoms with Crippen LogP contribution in [0.3, 0.4) is 0 Å². The maximum atomic E-state index is 9.62. The molecule has 0 saturated carbocycles. The van der Waals surface area contributed by atoms with Crippen LogP contribution in [0, 0.1) is 6.92 Å². The molecule has 2 N–H and O–H groups in total. The Morgan fingerprint density at radius 1 is 1.47 bits per heavy atom. The highest BCUT2D eigenvalue weighted by Gasteiger charge is 2.37. The van der Waals surface area contributed by atoms with Crippen LogP contribution in [0.15, 0.2) is 18.2 Å². The lowest BCUT2D eigenvalue weighted by atomic mass is 9.91. The van der Waals surface area contributed by atoms with Crippen LogP contribution in [-0.2, 0) is 12.0 Å².